The van der Waals surface area contributed by atoms with Gasteiger partial charge in [0.05, 0.1) is 11.1 Å². The van der Waals surface area contributed by atoms with Crippen LogP contribution in [0.25, 0.3) is 10.9 Å². The Morgan fingerprint density at radius 2 is 2.14 bits per heavy atom. The largest absolute Gasteiger partial charge is 0.388 e. The number of pyridine rings is 1. The zero-order chi connectivity index (χ0) is 15.5. The Labute approximate surface area is 124 Å². The molecule has 2 aromatic rings. The summed E-state index contributed by atoms with van der Waals surface area (Å²) in [6.07, 6.45) is 1.70. The van der Waals surface area contributed by atoms with Gasteiger partial charge in [-0.2, -0.15) is 0 Å². The summed E-state index contributed by atoms with van der Waals surface area (Å²) in [5, 5.41) is 14.2. The zero-order valence-electron chi connectivity index (χ0n) is 12.7. The summed E-state index contributed by atoms with van der Waals surface area (Å²) in [5.74, 6) is -0.271. The lowest BCUT2D eigenvalue weighted by Crippen LogP contribution is -2.45. The molecule has 0 aliphatic heterocycles. The van der Waals surface area contributed by atoms with E-state index in [1.807, 2.05) is 25.1 Å². The summed E-state index contributed by atoms with van der Waals surface area (Å²) in [4.78, 5) is 6.24. The van der Waals surface area contributed by atoms with Crippen molar-refractivity contribution < 1.29 is 9.50 Å². The van der Waals surface area contributed by atoms with Crippen LogP contribution in [0.4, 0.5) is 4.39 Å². The molecule has 0 saturated carbocycles. The van der Waals surface area contributed by atoms with E-state index in [4.69, 9.17) is 0 Å². The minimum absolute atomic E-state index is 0.271. The Hall–Kier alpha value is -1.56. The molecule has 0 aliphatic rings. The summed E-state index contributed by atoms with van der Waals surface area (Å²) in [7, 11) is 3.83. The molecule has 5 heteroatoms. The highest BCUT2D eigenvalue weighted by atomic mass is 19.1. The molecule has 0 radical (unpaired) electrons. The van der Waals surface area contributed by atoms with Crippen LogP contribution in [0.2, 0.25) is 0 Å². The Morgan fingerprint density at radius 3 is 2.86 bits per heavy atom. The van der Waals surface area contributed by atoms with Gasteiger partial charge >= 0.3 is 0 Å². The maximum atomic E-state index is 13.6. The minimum Gasteiger partial charge on any atom is -0.388 e. The molecule has 114 valence electrons. The van der Waals surface area contributed by atoms with Crippen LogP contribution in [0.15, 0.2) is 30.5 Å². The fourth-order valence-corrected chi connectivity index (χ4v) is 2.57. The molecule has 0 spiro atoms. The summed E-state index contributed by atoms with van der Waals surface area (Å²) < 4.78 is 13.6. The van der Waals surface area contributed by atoms with Crippen LogP contribution in [0.3, 0.4) is 0 Å². The van der Waals surface area contributed by atoms with Crippen LogP contribution in [-0.4, -0.2) is 47.8 Å². The molecule has 2 N–H and O–H groups in total. The van der Waals surface area contributed by atoms with Crippen molar-refractivity contribution >= 4 is 10.9 Å². The van der Waals surface area contributed by atoms with Gasteiger partial charge < -0.3 is 15.3 Å². The molecule has 1 aromatic heterocycles. The third-order valence-electron chi connectivity index (χ3n) is 3.23. The lowest BCUT2D eigenvalue weighted by atomic mass is 10.1. The number of aromatic nitrogens is 1. The number of hydrogen-bond acceptors (Lipinski definition) is 4. The highest BCUT2D eigenvalue weighted by Crippen LogP contribution is 2.18. The van der Waals surface area contributed by atoms with Gasteiger partial charge in [-0.3, -0.25) is 4.98 Å². The molecule has 0 saturated heterocycles. The van der Waals surface area contributed by atoms with Crippen molar-refractivity contribution in [2.24, 2.45) is 0 Å². The Kier molecular flexibility index (Phi) is 4.88. The van der Waals surface area contributed by atoms with Gasteiger partial charge in [0.25, 0.3) is 0 Å². The number of hydrogen-bond donors (Lipinski definition) is 2. The van der Waals surface area contributed by atoms with Crippen molar-refractivity contribution in [3.63, 3.8) is 0 Å². The average Bonchev–Trinajstić information content (AvgIpc) is 2.36. The number of aliphatic hydroxyl groups is 1. The van der Waals surface area contributed by atoms with E-state index in [0.717, 1.165) is 16.5 Å². The van der Waals surface area contributed by atoms with Gasteiger partial charge in [0, 0.05) is 31.2 Å². The topological polar surface area (TPSA) is 48.4 Å². The molecule has 0 amide bonds. The molecule has 0 fully saturated rings. The number of rotatable bonds is 6. The second-order valence-electron chi connectivity index (χ2n) is 5.98. The first-order valence-corrected chi connectivity index (χ1v) is 6.98. The Bertz CT molecular complexity index is 613. The van der Waals surface area contributed by atoms with Crippen LogP contribution in [0.5, 0.6) is 0 Å². The second kappa shape index (κ2) is 6.47. The SMILES string of the molecule is CN(C)CC(C)(O)CNCc1cc(F)cc2cccnc12. The summed E-state index contributed by atoms with van der Waals surface area (Å²) in [5.41, 5.74) is 0.755. The standard InChI is InChI=1S/C16H22FN3O/c1-16(21,11-20(2)3)10-18-9-13-8-14(17)7-12-5-4-6-19-15(12)13/h4-8,18,21H,9-11H2,1-3H3. The summed E-state index contributed by atoms with van der Waals surface area (Å²) in [6.45, 7) is 3.23. The molecule has 2 rings (SSSR count). The van der Waals surface area contributed by atoms with E-state index in [9.17, 15) is 9.50 Å². The Morgan fingerprint density at radius 1 is 1.38 bits per heavy atom. The predicted molar refractivity (Wildman–Crippen MR) is 82.6 cm³/mol. The first-order chi connectivity index (χ1) is 9.87. The number of benzene rings is 1. The molecule has 21 heavy (non-hydrogen) atoms. The molecule has 0 bridgehead atoms. The van der Waals surface area contributed by atoms with Crippen LogP contribution >= 0.6 is 0 Å². The van der Waals surface area contributed by atoms with Crippen LogP contribution < -0.4 is 5.32 Å². The predicted octanol–water partition coefficient (Wildman–Crippen LogP) is 1.78. The summed E-state index contributed by atoms with van der Waals surface area (Å²) in [6, 6.07) is 6.61. The third kappa shape index (κ3) is 4.46. The Balaban J connectivity index is 2.07. The highest BCUT2D eigenvalue weighted by molar-refractivity contribution is 5.81. The van der Waals surface area contributed by atoms with Crippen molar-refractivity contribution in [2.45, 2.75) is 19.1 Å². The summed E-state index contributed by atoms with van der Waals surface area (Å²) >= 11 is 0. The average molecular weight is 291 g/mol. The number of fused-ring (bicyclic) bond motifs is 1. The van der Waals surface area contributed by atoms with E-state index >= 15 is 0 Å². The van der Waals surface area contributed by atoms with E-state index < -0.39 is 5.60 Å². The second-order valence-corrected chi connectivity index (χ2v) is 5.98. The van der Waals surface area contributed by atoms with Crippen molar-refractivity contribution in [3.05, 3.63) is 41.8 Å². The molecule has 0 aliphatic carbocycles. The van der Waals surface area contributed by atoms with Gasteiger partial charge in [-0.05, 0) is 44.8 Å². The zero-order valence-corrected chi connectivity index (χ0v) is 12.7. The maximum Gasteiger partial charge on any atom is 0.124 e. The van der Waals surface area contributed by atoms with Crippen molar-refractivity contribution in [2.75, 3.05) is 27.2 Å². The lowest BCUT2D eigenvalue weighted by Gasteiger charge is -2.27. The van der Waals surface area contributed by atoms with E-state index in [1.54, 1.807) is 19.2 Å². The molecule has 1 atom stereocenters. The fourth-order valence-electron chi connectivity index (χ4n) is 2.57. The lowest BCUT2D eigenvalue weighted by molar-refractivity contribution is 0.0336. The molecule has 1 aromatic carbocycles. The fraction of sp³-hybridized carbons (Fsp3) is 0.438. The quantitative estimate of drug-likeness (QED) is 0.852. The minimum atomic E-state index is -0.833. The van der Waals surface area contributed by atoms with Crippen LogP contribution in [-0.2, 0) is 6.54 Å². The first-order valence-electron chi connectivity index (χ1n) is 6.98. The monoisotopic (exact) mass is 291 g/mol. The molecule has 1 heterocycles. The maximum absolute atomic E-state index is 13.6. The molecule has 1 unspecified atom stereocenters. The number of nitrogens with one attached hydrogen (secondary N) is 1. The van der Waals surface area contributed by atoms with Gasteiger partial charge in [-0.15, -0.1) is 0 Å². The first kappa shape index (κ1) is 15.8. The van der Waals surface area contributed by atoms with Crippen LogP contribution in [0.1, 0.15) is 12.5 Å². The van der Waals surface area contributed by atoms with Gasteiger partial charge in [0.15, 0.2) is 0 Å². The van der Waals surface area contributed by atoms with Crippen molar-refractivity contribution in [1.82, 2.24) is 15.2 Å². The van der Waals surface area contributed by atoms with Crippen LogP contribution in [0, 0.1) is 5.82 Å². The number of likely N-dealkylation sites (N-methyl/N-ethyl adjacent to an activating group) is 1. The van der Waals surface area contributed by atoms with Gasteiger partial charge in [-0.1, -0.05) is 6.07 Å². The van der Waals surface area contributed by atoms with E-state index in [2.05, 4.69) is 10.3 Å². The van der Waals surface area contributed by atoms with Crippen molar-refractivity contribution in [3.8, 4) is 0 Å². The normalized spacial score (nSPS) is 14.6. The number of halogens is 1. The van der Waals surface area contributed by atoms with Gasteiger partial charge in [-0.25, -0.2) is 4.39 Å². The van der Waals surface area contributed by atoms with Gasteiger partial charge in [0.2, 0.25) is 0 Å². The van der Waals surface area contributed by atoms with E-state index in [-0.39, 0.29) is 5.82 Å². The van der Waals surface area contributed by atoms with E-state index in [1.165, 1.54) is 12.1 Å². The molecular formula is C16H22FN3O. The molecule has 4 nitrogen and oxygen atoms in total. The smallest absolute Gasteiger partial charge is 0.124 e. The van der Waals surface area contributed by atoms with Gasteiger partial charge in [0.1, 0.15) is 5.82 Å². The third-order valence-corrected chi connectivity index (χ3v) is 3.23. The van der Waals surface area contributed by atoms with Crippen molar-refractivity contribution in [1.29, 1.82) is 0 Å². The van der Waals surface area contributed by atoms with E-state index in [0.29, 0.717) is 19.6 Å². The highest BCUT2D eigenvalue weighted by Gasteiger charge is 2.20. The number of nitrogens with zero attached hydrogens (tertiary/aromatic N) is 2. The molecular weight excluding hydrogens is 269 g/mol.